The Labute approximate surface area is 65.7 Å². The van der Waals surface area contributed by atoms with Gasteiger partial charge < -0.3 is 5.11 Å². The predicted molar refractivity (Wildman–Crippen MR) is 44.9 cm³/mol. The van der Waals surface area contributed by atoms with Crippen LogP contribution in [-0.4, -0.2) is 5.11 Å². The molecule has 0 aliphatic heterocycles. The molecule has 1 aromatic rings. The van der Waals surface area contributed by atoms with Crippen LogP contribution in [-0.2, 0) is 0 Å². The molecule has 60 valence electrons. The van der Waals surface area contributed by atoms with Crippen molar-refractivity contribution in [3.05, 3.63) is 29.2 Å². The lowest BCUT2D eigenvalue weighted by Crippen LogP contribution is -1.61. The molecule has 0 aliphatic carbocycles. The smallest absolute Gasteiger partial charge is 0.117 e. The van der Waals surface area contributed by atoms with Gasteiger partial charge in [0, 0.05) is 6.07 Å². The van der Waals surface area contributed by atoms with E-state index in [4.69, 9.17) is 5.11 Å². The van der Waals surface area contributed by atoms with E-state index in [2.05, 4.69) is 5.18 Å². The van der Waals surface area contributed by atoms with E-state index in [1.54, 1.807) is 6.07 Å². The summed E-state index contributed by atoms with van der Waals surface area (Å²) in [6.45, 7) is 4.00. The van der Waals surface area contributed by atoms with Gasteiger partial charge in [-0.15, -0.1) is 4.91 Å². The van der Waals surface area contributed by atoms with Gasteiger partial charge >= 0.3 is 0 Å². The zero-order valence-corrected chi connectivity index (χ0v) is 6.61. The molecule has 0 spiro atoms. The molecular formula is C8H11NO2. The first kappa shape index (κ1) is 9.62. The van der Waals surface area contributed by atoms with Crippen LogP contribution in [0.25, 0.3) is 0 Å². The van der Waals surface area contributed by atoms with Gasteiger partial charge in [-0.1, -0.05) is 19.9 Å². The molecule has 3 heteroatoms. The fourth-order valence-corrected chi connectivity index (χ4v) is 0.550. The first-order valence-electron chi connectivity index (χ1n) is 3.45. The Morgan fingerprint density at radius 1 is 1.36 bits per heavy atom. The summed E-state index contributed by atoms with van der Waals surface area (Å²) in [6.07, 6.45) is 0. The molecule has 0 heterocycles. The number of benzene rings is 1. The quantitative estimate of drug-likeness (QED) is 0.630. The molecule has 0 radical (unpaired) electrons. The maximum absolute atomic E-state index is 9.80. The van der Waals surface area contributed by atoms with E-state index in [0.29, 0.717) is 0 Å². The van der Waals surface area contributed by atoms with Gasteiger partial charge in [0.2, 0.25) is 0 Å². The van der Waals surface area contributed by atoms with Gasteiger partial charge in [-0.2, -0.15) is 0 Å². The van der Waals surface area contributed by atoms with Gasteiger partial charge in [0.15, 0.2) is 0 Å². The third-order valence-corrected chi connectivity index (χ3v) is 0.935. The van der Waals surface area contributed by atoms with E-state index >= 15 is 0 Å². The number of hydrogen-bond donors (Lipinski definition) is 1. The Hall–Kier alpha value is -1.38. The predicted octanol–water partition coefficient (Wildman–Crippen LogP) is 2.82. The Bertz CT molecular complexity index is 223. The van der Waals surface area contributed by atoms with Crippen LogP contribution in [0.2, 0.25) is 0 Å². The summed E-state index contributed by atoms with van der Waals surface area (Å²) < 4.78 is 0. The summed E-state index contributed by atoms with van der Waals surface area (Å²) >= 11 is 0. The maximum atomic E-state index is 9.80. The highest BCUT2D eigenvalue weighted by Crippen LogP contribution is 2.17. The maximum Gasteiger partial charge on any atom is 0.117 e. The van der Waals surface area contributed by atoms with Gasteiger partial charge in [-0.05, 0) is 17.3 Å². The van der Waals surface area contributed by atoms with Gasteiger partial charge in [0.1, 0.15) is 11.4 Å². The molecular weight excluding hydrogens is 142 g/mol. The van der Waals surface area contributed by atoms with Gasteiger partial charge in [-0.25, -0.2) is 0 Å². The number of phenolic OH excluding ortho intramolecular Hbond substituents is 1. The number of rotatable bonds is 1. The van der Waals surface area contributed by atoms with Crippen molar-refractivity contribution in [3.8, 4) is 5.75 Å². The van der Waals surface area contributed by atoms with Crippen molar-refractivity contribution in [3.63, 3.8) is 0 Å². The normalized spacial score (nSPS) is 7.82. The summed E-state index contributed by atoms with van der Waals surface area (Å²) in [4.78, 5) is 9.80. The molecule has 0 saturated carbocycles. The SMILES string of the molecule is CC.O=Nc1cccc(O)c1. The van der Waals surface area contributed by atoms with Crippen molar-refractivity contribution in [2.75, 3.05) is 0 Å². The number of nitroso groups, excluding NO2 is 1. The van der Waals surface area contributed by atoms with Crippen molar-refractivity contribution in [2.45, 2.75) is 13.8 Å². The van der Waals surface area contributed by atoms with Crippen LogP contribution in [0.5, 0.6) is 5.75 Å². The number of hydrogen-bond acceptors (Lipinski definition) is 3. The van der Waals surface area contributed by atoms with E-state index in [1.807, 2.05) is 13.8 Å². The molecule has 1 aromatic carbocycles. The standard InChI is InChI=1S/C6H5NO2.C2H6/c8-6-3-1-2-5(4-6)7-9;1-2/h1-4,8H;1-2H3. The zero-order chi connectivity index (χ0) is 8.69. The van der Waals surface area contributed by atoms with Crippen molar-refractivity contribution in [1.82, 2.24) is 0 Å². The summed E-state index contributed by atoms with van der Waals surface area (Å²) in [5.74, 6) is 0.0621. The van der Waals surface area contributed by atoms with Crippen LogP contribution in [0.3, 0.4) is 0 Å². The summed E-state index contributed by atoms with van der Waals surface area (Å²) in [7, 11) is 0. The lowest BCUT2D eigenvalue weighted by Gasteiger charge is -1.88. The molecule has 0 saturated heterocycles. The van der Waals surface area contributed by atoms with E-state index in [9.17, 15) is 4.91 Å². The second kappa shape index (κ2) is 5.41. The van der Waals surface area contributed by atoms with Crippen LogP contribution in [0.15, 0.2) is 29.4 Å². The minimum absolute atomic E-state index is 0.0621. The Balaban J connectivity index is 0.000000461. The highest BCUT2D eigenvalue weighted by molar-refractivity contribution is 5.41. The van der Waals surface area contributed by atoms with Crippen LogP contribution < -0.4 is 0 Å². The lowest BCUT2D eigenvalue weighted by molar-refractivity contribution is 0.475. The second-order valence-electron chi connectivity index (χ2n) is 1.61. The average molecular weight is 153 g/mol. The van der Waals surface area contributed by atoms with Gasteiger partial charge in [0.25, 0.3) is 0 Å². The monoisotopic (exact) mass is 153 g/mol. The third kappa shape index (κ3) is 3.35. The van der Waals surface area contributed by atoms with Crippen LogP contribution in [0, 0.1) is 4.91 Å². The summed E-state index contributed by atoms with van der Waals surface area (Å²) in [5.41, 5.74) is 0.245. The molecule has 0 aromatic heterocycles. The zero-order valence-electron chi connectivity index (χ0n) is 6.61. The Morgan fingerprint density at radius 2 is 2.00 bits per heavy atom. The molecule has 0 aliphatic rings. The summed E-state index contributed by atoms with van der Waals surface area (Å²) in [6, 6.07) is 5.86. The number of nitrogens with zero attached hydrogens (tertiary/aromatic N) is 1. The number of phenols is 1. The van der Waals surface area contributed by atoms with Crippen LogP contribution in [0.4, 0.5) is 5.69 Å². The highest BCUT2D eigenvalue weighted by atomic mass is 16.3. The van der Waals surface area contributed by atoms with Crippen molar-refractivity contribution >= 4 is 5.69 Å². The molecule has 0 fully saturated rings. The van der Waals surface area contributed by atoms with E-state index in [-0.39, 0.29) is 11.4 Å². The molecule has 1 N–H and O–H groups in total. The van der Waals surface area contributed by atoms with Crippen molar-refractivity contribution in [1.29, 1.82) is 0 Å². The molecule has 0 atom stereocenters. The molecule has 1 rings (SSSR count). The summed E-state index contributed by atoms with van der Waals surface area (Å²) in [5, 5.41) is 11.4. The Morgan fingerprint density at radius 3 is 2.36 bits per heavy atom. The first-order valence-corrected chi connectivity index (χ1v) is 3.45. The first-order chi connectivity index (χ1) is 5.33. The molecule has 11 heavy (non-hydrogen) atoms. The topological polar surface area (TPSA) is 49.7 Å². The van der Waals surface area contributed by atoms with Crippen LogP contribution in [0.1, 0.15) is 13.8 Å². The molecule has 0 bridgehead atoms. The minimum atomic E-state index is 0.0621. The molecule has 0 unspecified atom stereocenters. The Kier molecular flexibility index (Phi) is 4.73. The highest BCUT2D eigenvalue weighted by Gasteiger charge is 1.89. The largest absolute Gasteiger partial charge is 0.508 e. The van der Waals surface area contributed by atoms with E-state index < -0.39 is 0 Å². The molecule has 0 amide bonds. The van der Waals surface area contributed by atoms with Gasteiger partial charge in [-0.3, -0.25) is 0 Å². The second-order valence-corrected chi connectivity index (χ2v) is 1.61. The average Bonchev–Trinajstić information content (AvgIpc) is 2.08. The fraction of sp³-hybridized carbons (Fsp3) is 0.250. The fourth-order valence-electron chi connectivity index (χ4n) is 0.550. The number of aromatic hydroxyl groups is 1. The van der Waals surface area contributed by atoms with E-state index in [1.165, 1.54) is 18.2 Å². The van der Waals surface area contributed by atoms with Crippen molar-refractivity contribution in [2.24, 2.45) is 5.18 Å². The minimum Gasteiger partial charge on any atom is -0.508 e. The van der Waals surface area contributed by atoms with Crippen LogP contribution >= 0.6 is 0 Å². The van der Waals surface area contributed by atoms with Gasteiger partial charge in [0.05, 0.1) is 0 Å². The van der Waals surface area contributed by atoms with Crippen molar-refractivity contribution < 1.29 is 5.11 Å². The third-order valence-electron chi connectivity index (χ3n) is 0.935. The molecule has 3 nitrogen and oxygen atoms in total. The van der Waals surface area contributed by atoms with E-state index in [0.717, 1.165) is 0 Å². The lowest BCUT2D eigenvalue weighted by atomic mass is 10.3.